The number of nitrogens with one attached hydrogen (secondary N) is 2. The van der Waals surface area contributed by atoms with Crippen molar-refractivity contribution in [2.24, 2.45) is 0 Å². The van der Waals surface area contributed by atoms with Crippen molar-refractivity contribution in [3.63, 3.8) is 0 Å². The molecule has 0 aromatic carbocycles. The van der Waals surface area contributed by atoms with Crippen LogP contribution >= 0.6 is 0 Å². The molecule has 2 rings (SSSR count). The first-order valence-electron chi connectivity index (χ1n) is 6.56. The molecule has 1 aromatic rings. The summed E-state index contributed by atoms with van der Waals surface area (Å²) in [5, 5.41) is 3.52. The van der Waals surface area contributed by atoms with Gasteiger partial charge in [0.25, 0.3) is 0 Å². The van der Waals surface area contributed by atoms with Crippen LogP contribution in [0.5, 0.6) is 0 Å². The standard InChI is InChI=1S/C13H21N3O2/c1-2-18-13(17)16-7-4-12(5-8-16)15-10-11-3-6-14-9-11/h3,6,9,12,14-15H,2,4-5,7-8,10H2,1H3. The second kappa shape index (κ2) is 6.44. The zero-order valence-corrected chi connectivity index (χ0v) is 10.8. The molecule has 1 aliphatic rings. The highest BCUT2D eigenvalue weighted by atomic mass is 16.6. The predicted molar refractivity (Wildman–Crippen MR) is 69.2 cm³/mol. The van der Waals surface area contributed by atoms with Crippen molar-refractivity contribution in [2.75, 3.05) is 19.7 Å². The zero-order valence-electron chi connectivity index (χ0n) is 10.8. The van der Waals surface area contributed by atoms with Gasteiger partial charge < -0.3 is 19.9 Å². The van der Waals surface area contributed by atoms with Crippen LogP contribution in [0.3, 0.4) is 0 Å². The van der Waals surface area contributed by atoms with E-state index >= 15 is 0 Å². The number of aromatic nitrogens is 1. The number of ether oxygens (including phenoxy) is 1. The lowest BCUT2D eigenvalue weighted by Gasteiger charge is -2.31. The summed E-state index contributed by atoms with van der Waals surface area (Å²) in [6.45, 7) is 4.73. The number of hydrogen-bond acceptors (Lipinski definition) is 3. The van der Waals surface area contributed by atoms with Gasteiger partial charge in [-0.15, -0.1) is 0 Å². The molecule has 2 heterocycles. The van der Waals surface area contributed by atoms with Gasteiger partial charge in [0.2, 0.25) is 0 Å². The average Bonchev–Trinajstić information content (AvgIpc) is 2.90. The van der Waals surface area contributed by atoms with Crippen LogP contribution in [0.4, 0.5) is 4.79 Å². The lowest BCUT2D eigenvalue weighted by Crippen LogP contribution is -2.44. The molecule has 5 nitrogen and oxygen atoms in total. The summed E-state index contributed by atoms with van der Waals surface area (Å²) in [5.41, 5.74) is 1.27. The van der Waals surface area contributed by atoms with Gasteiger partial charge in [-0.3, -0.25) is 0 Å². The van der Waals surface area contributed by atoms with E-state index in [0.29, 0.717) is 12.6 Å². The van der Waals surface area contributed by atoms with E-state index < -0.39 is 0 Å². The lowest BCUT2D eigenvalue weighted by molar-refractivity contribution is 0.0950. The van der Waals surface area contributed by atoms with Crippen molar-refractivity contribution >= 4 is 6.09 Å². The summed E-state index contributed by atoms with van der Waals surface area (Å²) in [7, 11) is 0. The number of piperidine rings is 1. The molecule has 0 aliphatic carbocycles. The highest BCUT2D eigenvalue weighted by molar-refractivity contribution is 5.67. The van der Waals surface area contributed by atoms with E-state index in [2.05, 4.69) is 16.4 Å². The fraction of sp³-hybridized carbons (Fsp3) is 0.615. The van der Waals surface area contributed by atoms with E-state index in [0.717, 1.165) is 32.5 Å². The van der Waals surface area contributed by atoms with Gasteiger partial charge in [0, 0.05) is 38.1 Å². The Hall–Kier alpha value is -1.49. The molecule has 2 N–H and O–H groups in total. The van der Waals surface area contributed by atoms with Crippen molar-refractivity contribution < 1.29 is 9.53 Å². The summed E-state index contributed by atoms with van der Waals surface area (Å²) in [5.74, 6) is 0. The Morgan fingerprint density at radius 1 is 1.56 bits per heavy atom. The zero-order chi connectivity index (χ0) is 12.8. The van der Waals surface area contributed by atoms with E-state index in [1.165, 1.54) is 5.56 Å². The minimum Gasteiger partial charge on any atom is -0.450 e. The van der Waals surface area contributed by atoms with Crippen LogP contribution in [-0.4, -0.2) is 41.7 Å². The minimum atomic E-state index is -0.179. The van der Waals surface area contributed by atoms with Gasteiger partial charge in [-0.25, -0.2) is 4.79 Å². The van der Waals surface area contributed by atoms with Crippen LogP contribution in [0.25, 0.3) is 0 Å². The first-order chi connectivity index (χ1) is 8.79. The molecule has 1 aromatic heterocycles. The summed E-state index contributed by atoms with van der Waals surface area (Å²) >= 11 is 0. The third kappa shape index (κ3) is 3.50. The third-order valence-corrected chi connectivity index (χ3v) is 3.28. The van der Waals surface area contributed by atoms with Gasteiger partial charge in [0.1, 0.15) is 0 Å². The Morgan fingerprint density at radius 2 is 2.33 bits per heavy atom. The van der Waals surface area contributed by atoms with E-state index in [1.54, 1.807) is 4.90 Å². The van der Waals surface area contributed by atoms with E-state index in [4.69, 9.17) is 4.74 Å². The van der Waals surface area contributed by atoms with Gasteiger partial charge in [0.15, 0.2) is 0 Å². The summed E-state index contributed by atoms with van der Waals surface area (Å²) in [6, 6.07) is 2.56. The van der Waals surface area contributed by atoms with Crippen LogP contribution in [0, 0.1) is 0 Å². The average molecular weight is 251 g/mol. The van der Waals surface area contributed by atoms with Crippen molar-refractivity contribution in [1.82, 2.24) is 15.2 Å². The highest BCUT2D eigenvalue weighted by Crippen LogP contribution is 2.12. The summed E-state index contributed by atoms with van der Waals surface area (Å²) in [6.07, 6.45) is 5.73. The second-order valence-electron chi connectivity index (χ2n) is 4.56. The Labute approximate surface area is 108 Å². The Balaban J connectivity index is 1.68. The van der Waals surface area contributed by atoms with Gasteiger partial charge in [-0.2, -0.15) is 0 Å². The number of rotatable bonds is 4. The first-order valence-corrected chi connectivity index (χ1v) is 6.56. The molecular weight excluding hydrogens is 230 g/mol. The molecular formula is C13H21N3O2. The highest BCUT2D eigenvalue weighted by Gasteiger charge is 2.22. The maximum absolute atomic E-state index is 11.5. The second-order valence-corrected chi connectivity index (χ2v) is 4.56. The molecule has 5 heteroatoms. The van der Waals surface area contributed by atoms with Gasteiger partial charge in [-0.1, -0.05) is 0 Å². The maximum Gasteiger partial charge on any atom is 0.409 e. The van der Waals surface area contributed by atoms with Gasteiger partial charge >= 0.3 is 6.09 Å². The molecule has 0 spiro atoms. The molecule has 1 fully saturated rings. The third-order valence-electron chi connectivity index (χ3n) is 3.28. The summed E-state index contributed by atoms with van der Waals surface area (Å²) in [4.78, 5) is 16.4. The molecule has 0 radical (unpaired) electrons. The van der Waals surface area contributed by atoms with Gasteiger partial charge in [-0.05, 0) is 31.4 Å². The first kappa shape index (κ1) is 13.0. The van der Waals surface area contributed by atoms with E-state index in [-0.39, 0.29) is 6.09 Å². The number of amides is 1. The van der Waals surface area contributed by atoms with Crippen molar-refractivity contribution in [2.45, 2.75) is 32.4 Å². The lowest BCUT2D eigenvalue weighted by atomic mass is 10.1. The monoisotopic (exact) mass is 251 g/mol. The molecule has 0 unspecified atom stereocenters. The smallest absolute Gasteiger partial charge is 0.409 e. The SMILES string of the molecule is CCOC(=O)N1CCC(NCc2cc[nH]c2)CC1. The maximum atomic E-state index is 11.5. The number of nitrogens with zero attached hydrogens (tertiary/aromatic N) is 1. The number of aromatic amines is 1. The minimum absolute atomic E-state index is 0.179. The molecule has 0 saturated carbocycles. The molecule has 100 valence electrons. The largest absolute Gasteiger partial charge is 0.450 e. The Bertz CT molecular complexity index is 356. The number of hydrogen-bond donors (Lipinski definition) is 2. The number of carbonyl (C=O) groups excluding carboxylic acids is 1. The summed E-state index contributed by atoms with van der Waals surface area (Å²) < 4.78 is 5.00. The Kier molecular flexibility index (Phi) is 4.64. The number of H-pyrrole nitrogens is 1. The van der Waals surface area contributed by atoms with Crippen LogP contribution in [-0.2, 0) is 11.3 Å². The van der Waals surface area contributed by atoms with Crippen LogP contribution in [0.15, 0.2) is 18.5 Å². The van der Waals surface area contributed by atoms with Crippen LogP contribution in [0.1, 0.15) is 25.3 Å². The quantitative estimate of drug-likeness (QED) is 0.856. The normalized spacial score (nSPS) is 16.8. The fourth-order valence-corrected chi connectivity index (χ4v) is 2.21. The molecule has 18 heavy (non-hydrogen) atoms. The molecule has 1 amide bonds. The number of carbonyl (C=O) groups is 1. The molecule has 0 atom stereocenters. The topological polar surface area (TPSA) is 57.4 Å². The Morgan fingerprint density at radius 3 is 2.94 bits per heavy atom. The van der Waals surface area contributed by atoms with Crippen molar-refractivity contribution in [3.8, 4) is 0 Å². The van der Waals surface area contributed by atoms with E-state index in [1.807, 2.05) is 19.3 Å². The molecule has 1 saturated heterocycles. The molecule has 0 bridgehead atoms. The fourth-order valence-electron chi connectivity index (χ4n) is 2.21. The van der Waals surface area contributed by atoms with Gasteiger partial charge in [0.05, 0.1) is 6.61 Å². The van der Waals surface area contributed by atoms with Crippen molar-refractivity contribution in [1.29, 1.82) is 0 Å². The van der Waals surface area contributed by atoms with Crippen molar-refractivity contribution in [3.05, 3.63) is 24.0 Å². The number of likely N-dealkylation sites (tertiary alicyclic amines) is 1. The predicted octanol–water partition coefficient (Wildman–Crippen LogP) is 1.73. The van der Waals surface area contributed by atoms with Crippen LogP contribution in [0.2, 0.25) is 0 Å². The van der Waals surface area contributed by atoms with E-state index in [9.17, 15) is 4.79 Å². The molecule has 1 aliphatic heterocycles. The van der Waals surface area contributed by atoms with Crippen LogP contribution < -0.4 is 5.32 Å².